The number of hydrogen-bond donors (Lipinski definition) is 1. The maximum atomic E-state index is 12.5. The highest BCUT2D eigenvalue weighted by Gasteiger charge is 2.39. The molecular weight excluding hydrogens is 284 g/mol. The molecule has 1 atom stereocenters. The molecule has 4 rings (SSSR count). The summed E-state index contributed by atoms with van der Waals surface area (Å²) in [6, 6.07) is 10.9. The fourth-order valence-corrected chi connectivity index (χ4v) is 4.11. The number of carbonyl (C=O) groups excluding carboxylic acids is 1. The molecule has 0 spiro atoms. The molecule has 2 aliphatic carbocycles. The molecule has 120 valence electrons. The van der Waals surface area contributed by atoms with Gasteiger partial charge in [-0.15, -0.1) is 0 Å². The molecule has 3 nitrogen and oxygen atoms in total. The summed E-state index contributed by atoms with van der Waals surface area (Å²) >= 11 is 0. The van der Waals surface area contributed by atoms with E-state index in [0.717, 1.165) is 32.5 Å². The summed E-state index contributed by atoms with van der Waals surface area (Å²) in [6.45, 7) is 3.15. The van der Waals surface area contributed by atoms with E-state index in [2.05, 4.69) is 64.9 Å². The van der Waals surface area contributed by atoms with E-state index in [1.807, 2.05) is 0 Å². The molecule has 1 fully saturated rings. The van der Waals surface area contributed by atoms with Crippen LogP contribution in [-0.4, -0.2) is 36.5 Å². The van der Waals surface area contributed by atoms with Crippen molar-refractivity contribution in [3.8, 4) is 0 Å². The zero-order valence-corrected chi connectivity index (χ0v) is 13.4. The molecule has 0 unspecified atom stereocenters. The Morgan fingerprint density at radius 1 is 1.09 bits per heavy atom. The quantitative estimate of drug-likeness (QED) is 0.847. The van der Waals surface area contributed by atoms with Gasteiger partial charge in [0.05, 0.1) is 5.92 Å². The standard InChI is InChI=1S/C20H24N2O/c23-20(19-16-6-7-17(19)9-8-16)21-18-11-13-22(14-18)12-10-15-4-2-1-3-5-15/h1-9,16-19H,10-14H2,(H,21,23)/t16?,17?,18-,19?/m0/s1. The van der Waals surface area contributed by atoms with Crippen LogP contribution < -0.4 is 5.32 Å². The van der Waals surface area contributed by atoms with Gasteiger partial charge in [-0.3, -0.25) is 4.79 Å². The van der Waals surface area contributed by atoms with Crippen LogP contribution in [0.5, 0.6) is 0 Å². The Morgan fingerprint density at radius 2 is 1.78 bits per heavy atom. The van der Waals surface area contributed by atoms with E-state index in [1.165, 1.54) is 5.56 Å². The summed E-state index contributed by atoms with van der Waals surface area (Å²) in [5.74, 6) is 1.02. The number of allylic oxidation sites excluding steroid dienone is 4. The second-order valence-electron chi connectivity index (χ2n) is 6.98. The van der Waals surface area contributed by atoms with Crippen LogP contribution in [0.1, 0.15) is 12.0 Å². The van der Waals surface area contributed by atoms with E-state index in [4.69, 9.17) is 0 Å². The highest BCUT2D eigenvalue weighted by molar-refractivity contribution is 5.82. The Kier molecular flexibility index (Phi) is 4.04. The molecule has 0 aromatic heterocycles. The zero-order valence-electron chi connectivity index (χ0n) is 13.4. The molecule has 1 heterocycles. The normalized spacial score (nSPS) is 31.8. The van der Waals surface area contributed by atoms with Gasteiger partial charge in [0.2, 0.25) is 5.91 Å². The van der Waals surface area contributed by atoms with E-state index in [0.29, 0.717) is 17.9 Å². The van der Waals surface area contributed by atoms with E-state index in [-0.39, 0.29) is 11.8 Å². The first-order valence-electron chi connectivity index (χ1n) is 8.73. The molecule has 1 N–H and O–H groups in total. The number of fused-ring (bicyclic) bond motifs is 2. The third-order valence-corrected chi connectivity index (χ3v) is 5.42. The summed E-state index contributed by atoms with van der Waals surface area (Å²) in [6.07, 6.45) is 10.9. The number of carbonyl (C=O) groups is 1. The van der Waals surface area contributed by atoms with Crippen LogP contribution in [0.25, 0.3) is 0 Å². The third kappa shape index (κ3) is 3.11. The Bertz CT molecular complexity index is 592. The molecule has 1 aliphatic heterocycles. The van der Waals surface area contributed by atoms with E-state index in [9.17, 15) is 4.79 Å². The number of rotatable bonds is 5. The van der Waals surface area contributed by atoms with Crippen molar-refractivity contribution >= 4 is 5.91 Å². The van der Waals surface area contributed by atoms with Crippen LogP contribution in [0.4, 0.5) is 0 Å². The number of nitrogens with zero attached hydrogens (tertiary/aromatic N) is 1. The molecule has 1 amide bonds. The average Bonchev–Trinajstić information content (AvgIpc) is 3.29. The van der Waals surface area contributed by atoms with Crippen molar-refractivity contribution in [3.63, 3.8) is 0 Å². The summed E-state index contributed by atoms with van der Waals surface area (Å²) in [7, 11) is 0. The van der Waals surface area contributed by atoms with Crippen molar-refractivity contribution in [1.82, 2.24) is 10.2 Å². The van der Waals surface area contributed by atoms with Gasteiger partial charge in [-0.2, -0.15) is 0 Å². The maximum Gasteiger partial charge on any atom is 0.225 e. The fourth-order valence-electron chi connectivity index (χ4n) is 4.11. The van der Waals surface area contributed by atoms with Gasteiger partial charge >= 0.3 is 0 Å². The number of hydrogen-bond acceptors (Lipinski definition) is 2. The Morgan fingerprint density at radius 3 is 2.48 bits per heavy atom. The molecule has 3 heteroatoms. The minimum Gasteiger partial charge on any atom is -0.352 e. The molecule has 1 aromatic rings. The Labute approximate surface area is 138 Å². The average molecular weight is 308 g/mol. The zero-order chi connectivity index (χ0) is 15.6. The van der Waals surface area contributed by atoms with Gasteiger partial charge in [-0.1, -0.05) is 54.6 Å². The van der Waals surface area contributed by atoms with Crippen molar-refractivity contribution < 1.29 is 4.79 Å². The second-order valence-corrected chi connectivity index (χ2v) is 6.98. The highest BCUT2D eigenvalue weighted by Crippen LogP contribution is 2.39. The molecule has 3 aliphatic rings. The largest absolute Gasteiger partial charge is 0.352 e. The summed E-state index contributed by atoms with van der Waals surface area (Å²) in [5.41, 5.74) is 1.39. The predicted octanol–water partition coefficient (Wildman–Crippen LogP) is 2.41. The van der Waals surface area contributed by atoms with Gasteiger partial charge in [0.1, 0.15) is 0 Å². The molecular formula is C20H24N2O. The first-order chi connectivity index (χ1) is 11.3. The van der Waals surface area contributed by atoms with Crippen molar-refractivity contribution in [3.05, 3.63) is 60.2 Å². The van der Waals surface area contributed by atoms with E-state index in [1.54, 1.807) is 0 Å². The number of nitrogens with one attached hydrogen (secondary N) is 1. The lowest BCUT2D eigenvalue weighted by atomic mass is 9.94. The van der Waals surface area contributed by atoms with Crippen LogP contribution in [0, 0.1) is 17.8 Å². The van der Waals surface area contributed by atoms with Gasteiger partial charge in [-0.25, -0.2) is 0 Å². The van der Waals surface area contributed by atoms with Crippen molar-refractivity contribution in [1.29, 1.82) is 0 Å². The van der Waals surface area contributed by atoms with Gasteiger partial charge in [0, 0.05) is 37.5 Å². The third-order valence-electron chi connectivity index (χ3n) is 5.42. The van der Waals surface area contributed by atoms with Crippen LogP contribution in [0.15, 0.2) is 54.6 Å². The summed E-state index contributed by atoms with van der Waals surface area (Å²) < 4.78 is 0. The minimum atomic E-state index is 0.119. The molecule has 23 heavy (non-hydrogen) atoms. The maximum absolute atomic E-state index is 12.5. The molecule has 1 saturated heterocycles. The monoisotopic (exact) mass is 308 g/mol. The predicted molar refractivity (Wildman–Crippen MR) is 91.9 cm³/mol. The Hall–Kier alpha value is -1.87. The van der Waals surface area contributed by atoms with Gasteiger partial charge in [-0.05, 0) is 18.4 Å². The van der Waals surface area contributed by atoms with E-state index >= 15 is 0 Å². The molecule has 0 saturated carbocycles. The summed E-state index contributed by atoms with van der Waals surface area (Å²) in [5, 5.41) is 3.29. The lowest BCUT2D eigenvalue weighted by Crippen LogP contribution is -2.42. The molecule has 2 bridgehead atoms. The first-order valence-corrected chi connectivity index (χ1v) is 8.73. The van der Waals surface area contributed by atoms with Crippen LogP contribution >= 0.6 is 0 Å². The summed E-state index contributed by atoms with van der Waals surface area (Å²) in [4.78, 5) is 15.0. The van der Waals surface area contributed by atoms with Crippen LogP contribution in [-0.2, 0) is 11.2 Å². The van der Waals surface area contributed by atoms with Gasteiger partial charge in [0.15, 0.2) is 0 Å². The number of amides is 1. The topological polar surface area (TPSA) is 32.3 Å². The van der Waals surface area contributed by atoms with Crippen LogP contribution in [0.2, 0.25) is 0 Å². The first kappa shape index (κ1) is 14.7. The minimum absolute atomic E-state index is 0.119. The lowest BCUT2D eigenvalue weighted by Gasteiger charge is -2.20. The smallest absolute Gasteiger partial charge is 0.225 e. The molecule has 1 aromatic carbocycles. The SMILES string of the molecule is O=C(N[C@H]1CCN(CCc2ccccc2)C1)C1C2C=CC1C=C2. The van der Waals surface area contributed by atoms with Crippen molar-refractivity contribution in [2.45, 2.75) is 18.9 Å². The van der Waals surface area contributed by atoms with Crippen molar-refractivity contribution in [2.24, 2.45) is 17.8 Å². The Balaban J connectivity index is 1.24. The fraction of sp³-hybridized carbons (Fsp3) is 0.450. The number of benzene rings is 1. The second kappa shape index (κ2) is 6.32. The van der Waals surface area contributed by atoms with Gasteiger partial charge < -0.3 is 10.2 Å². The van der Waals surface area contributed by atoms with Crippen molar-refractivity contribution in [2.75, 3.05) is 19.6 Å². The number of likely N-dealkylation sites (tertiary alicyclic amines) is 1. The van der Waals surface area contributed by atoms with E-state index < -0.39 is 0 Å². The van der Waals surface area contributed by atoms with Gasteiger partial charge in [0.25, 0.3) is 0 Å². The van der Waals surface area contributed by atoms with Crippen LogP contribution in [0.3, 0.4) is 0 Å². The lowest BCUT2D eigenvalue weighted by molar-refractivity contribution is -0.126. The molecule has 0 radical (unpaired) electrons. The highest BCUT2D eigenvalue weighted by atomic mass is 16.2.